The summed E-state index contributed by atoms with van der Waals surface area (Å²) in [4.78, 5) is 15.0. The summed E-state index contributed by atoms with van der Waals surface area (Å²) >= 11 is 0. The van der Waals surface area contributed by atoms with Crippen molar-refractivity contribution in [2.24, 2.45) is 0 Å². The average Bonchev–Trinajstić information content (AvgIpc) is 2.66. The molecule has 8 heteroatoms. The van der Waals surface area contributed by atoms with Gasteiger partial charge in [-0.1, -0.05) is 0 Å². The van der Waals surface area contributed by atoms with Crippen molar-refractivity contribution < 1.29 is 25.2 Å². The molecular weight excluding hydrogens is 268 g/mol. The van der Waals surface area contributed by atoms with E-state index >= 15 is 0 Å². The van der Waals surface area contributed by atoms with E-state index in [0.29, 0.717) is 0 Å². The topological polar surface area (TPSA) is 125 Å². The van der Waals surface area contributed by atoms with Gasteiger partial charge in [-0.3, -0.25) is 4.79 Å². The van der Waals surface area contributed by atoms with E-state index < -0.39 is 36.7 Å². The van der Waals surface area contributed by atoms with Crippen molar-refractivity contribution in [1.82, 2.24) is 9.55 Å². The van der Waals surface area contributed by atoms with Crippen LogP contribution >= 0.6 is 0 Å². The molecule has 0 bridgehead atoms. The summed E-state index contributed by atoms with van der Waals surface area (Å²) < 4.78 is 6.65. The highest BCUT2D eigenvalue weighted by atomic mass is 16.6. The Morgan fingerprint density at radius 2 is 2.20 bits per heavy atom. The fourth-order valence-electron chi connectivity index (χ4n) is 2.05. The van der Waals surface area contributed by atoms with E-state index in [9.17, 15) is 20.1 Å². The Morgan fingerprint density at radius 3 is 2.75 bits per heavy atom. The van der Waals surface area contributed by atoms with Crippen molar-refractivity contribution in [3.63, 3.8) is 0 Å². The Bertz CT molecular complexity index is 565. The normalized spacial score (nSPS) is 30.7. The monoisotopic (exact) mass is 284 g/mol. The summed E-state index contributed by atoms with van der Waals surface area (Å²) in [7, 11) is 0. The maximum Gasteiger partial charge on any atom is 0.273 e. The number of rotatable bonds is 3. The first kappa shape index (κ1) is 14.7. The van der Waals surface area contributed by atoms with Gasteiger partial charge in [0.1, 0.15) is 24.1 Å². The first-order valence-corrected chi connectivity index (χ1v) is 6.03. The number of hydrogen-bond donors (Lipinski definition) is 4. The molecule has 1 fully saturated rings. The van der Waals surface area contributed by atoms with E-state index in [1.807, 2.05) is 0 Å². The third-order valence-corrected chi connectivity index (χ3v) is 3.00. The van der Waals surface area contributed by atoms with Gasteiger partial charge in [0.25, 0.3) is 5.56 Å². The third-order valence-electron chi connectivity index (χ3n) is 3.00. The van der Waals surface area contributed by atoms with Crippen molar-refractivity contribution in [1.29, 1.82) is 0 Å². The van der Waals surface area contributed by atoms with E-state index in [2.05, 4.69) is 4.98 Å². The molecule has 4 N–H and O–H groups in total. The van der Waals surface area contributed by atoms with Gasteiger partial charge in [-0.2, -0.15) is 4.98 Å². The predicted octanol–water partition coefficient (Wildman–Crippen LogP) is -1.23. The summed E-state index contributed by atoms with van der Waals surface area (Å²) in [5.41, 5.74) is -0.513. The van der Waals surface area contributed by atoms with Gasteiger partial charge in [0.2, 0.25) is 0 Å². The van der Waals surface area contributed by atoms with Gasteiger partial charge < -0.3 is 29.7 Å². The Hall–Kier alpha value is -1.74. The molecule has 2 rings (SSSR count). The molecular formula is C12H16N2O6. The van der Waals surface area contributed by atoms with E-state index in [1.54, 1.807) is 0 Å². The molecule has 110 valence electrons. The zero-order valence-electron chi connectivity index (χ0n) is 10.7. The predicted molar refractivity (Wildman–Crippen MR) is 67.8 cm³/mol. The van der Waals surface area contributed by atoms with Crippen LogP contribution < -0.4 is 5.56 Å². The number of aliphatic hydroxyl groups excluding tert-OH is 4. The lowest BCUT2D eigenvalue weighted by Gasteiger charge is -2.20. The van der Waals surface area contributed by atoms with Gasteiger partial charge >= 0.3 is 0 Å². The Kier molecular flexibility index (Phi) is 4.19. The molecule has 1 saturated heterocycles. The van der Waals surface area contributed by atoms with Crippen molar-refractivity contribution >= 4 is 6.08 Å². The molecule has 2 heterocycles. The van der Waals surface area contributed by atoms with E-state index in [-0.39, 0.29) is 11.6 Å². The highest BCUT2D eigenvalue weighted by molar-refractivity contribution is 5.42. The highest BCUT2D eigenvalue weighted by Crippen LogP contribution is 2.29. The lowest BCUT2D eigenvalue weighted by Crippen LogP contribution is -2.33. The first-order valence-electron chi connectivity index (χ1n) is 6.03. The molecule has 1 aromatic rings. The molecule has 1 aliphatic rings. The summed E-state index contributed by atoms with van der Waals surface area (Å²) in [6, 6.07) is 1.17. The Labute approximate surface area is 114 Å². The third kappa shape index (κ3) is 2.73. The van der Waals surface area contributed by atoms with Crippen LogP contribution in [-0.2, 0) is 4.74 Å². The van der Waals surface area contributed by atoms with Crippen LogP contribution in [0.3, 0.4) is 0 Å². The molecule has 20 heavy (non-hydrogen) atoms. The number of allylic oxidation sites excluding steroid dienone is 1. The van der Waals surface area contributed by atoms with E-state index in [0.717, 1.165) is 0 Å². The average molecular weight is 284 g/mol. The van der Waals surface area contributed by atoms with Crippen LogP contribution in [0.2, 0.25) is 0 Å². The molecule has 0 aromatic carbocycles. The van der Waals surface area contributed by atoms with Crippen LogP contribution in [-0.4, -0.2) is 54.9 Å². The first-order chi connectivity index (χ1) is 9.43. The minimum atomic E-state index is -1.29. The summed E-state index contributed by atoms with van der Waals surface area (Å²) in [5, 5.41) is 38.0. The van der Waals surface area contributed by atoms with Gasteiger partial charge in [-0.05, 0) is 6.92 Å². The molecule has 8 nitrogen and oxygen atoms in total. The zero-order chi connectivity index (χ0) is 14.9. The van der Waals surface area contributed by atoms with Crippen molar-refractivity contribution in [3.05, 3.63) is 34.2 Å². The molecule has 0 saturated carbocycles. The van der Waals surface area contributed by atoms with Crippen LogP contribution in [0.1, 0.15) is 19.0 Å². The fourth-order valence-corrected chi connectivity index (χ4v) is 2.05. The lowest BCUT2D eigenvalue weighted by molar-refractivity contribution is -0.0537. The van der Waals surface area contributed by atoms with Crippen LogP contribution in [0.15, 0.2) is 22.8 Å². The smallest absolute Gasteiger partial charge is 0.273 e. The number of ether oxygens (including phenoxy) is 1. The largest absolute Gasteiger partial charge is 0.512 e. The molecule has 1 aromatic heterocycles. The van der Waals surface area contributed by atoms with E-state index in [1.165, 1.54) is 29.8 Å². The number of nitrogens with zero attached hydrogens (tertiary/aromatic N) is 2. The molecule has 0 aliphatic carbocycles. The summed E-state index contributed by atoms with van der Waals surface area (Å²) in [5.74, 6) is -0.00377. The van der Waals surface area contributed by atoms with Crippen LogP contribution in [0.4, 0.5) is 0 Å². The van der Waals surface area contributed by atoms with Crippen LogP contribution in [0, 0.1) is 0 Å². The van der Waals surface area contributed by atoms with Crippen molar-refractivity contribution in [3.8, 4) is 0 Å². The molecule has 4 atom stereocenters. The van der Waals surface area contributed by atoms with Crippen LogP contribution in [0.25, 0.3) is 6.08 Å². The SMILES string of the molecule is C/C(O)=C/c1nc(=O)ccn1[C@@H]1O[C@H](CO)[C@@H](O)[C@H]1O. The molecule has 0 unspecified atom stereocenters. The summed E-state index contributed by atoms with van der Waals surface area (Å²) in [6.07, 6.45) is -1.91. The van der Waals surface area contributed by atoms with Crippen LogP contribution in [0.5, 0.6) is 0 Å². The quantitative estimate of drug-likeness (QED) is 0.512. The number of aliphatic hydroxyl groups is 4. The maximum absolute atomic E-state index is 11.3. The minimum absolute atomic E-state index is 0.0762. The van der Waals surface area contributed by atoms with Gasteiger partial charge in [0.05, 0.1) is 12.4 Å². The Balaban J connectivity index is 2.43. The molecule has 0 radical (unpaired) electrons. The molecule has 1 aliphatic heterocycles. The maximum atomic E-state index is 11.3. The second-order valence-corrected chi connectivity index (χ2v) is 4.55. The molecule has 0 amide bonds. The second-order valence-electron chi connectivity index (χ2n) is 4.55. The van der Waals surface area contributed by atoms with Crippen molar-refractivity contribution in [2.45, 2.75) is 31.5 Å². The van der Waals surface area contributed by atoms with E-state index in [4.69, 9.17) is 9.84 Å². The van der Waals surface area contributed by atoms with Gasteiger partial charge in [0.15, 0.2) is 6.23 Å². The summed E-state index contributed by atoms with van der Waals surface area (Å²) in [6.45, 7) is 0.952. The molecule has 0 spiro atoms. The fraction of sp³-hybridized carbons (Fsp3) is 0.500. The number of hydrogen-bond acceptors (Lipinski definition) is 7. The standard InChI is InChI=1S/C12H16N2O6/c1-6(16)4-8-13-9(17)2-3-14(8)12-11(19)10(18)7(5-15)20-12/h2-4,7,10-12,15-16,18-19H,5H2,1H3/b6-4-/t7-,10-,11-,12-/m1/s1. The lowest BCUT2D eigenvalue weighted by atomic mass is 10.1. The van der Waals surface area contributed by atoms with Crippen molar-refractivity contribution in [2.75, 3.05) is 6.61 Å². The highest BCUT2D eigenvalue weighted by Gasteiger charge is 2.43. The number of aromatic nitrogens is 2. The van der Waals surface area contributed by atoms with Gasteiger partial charge in [-0.15, -0.1) is 0 Å². The van der Waals surface area contributed by atoms with Gasteiger partial charge in [-0.25, -0.2) is 0 Å². The Morgan fingerprint density at radius 1 is 1.50 bits per heavy atom. The second kappa shape index (κ2) is 5.71. The zero-order valence-corrected chi connectivity index (χ0v) is 10.7. The minimum Gasteiger partial charge on any atom is -0.512 e. The van der Waals surface area contributed by atoms with Gasteiger partial charge in [0, 0.05) is 18.3 Å².